The van der Waals surface area contributed by atoms with Crippen molar-refractivity contribution in [3.8, 4) is 0 Å². The van der Waals surface area contributed by atoms with Gasteiger partial charge in [-0.15, -0.1) is 0 Å². The number of nitrogens with one attached hydrogen (secondary N) is 2. The third-order valence-electron chi connectivity index (χ3n) is 4.35. The van der Waals surface area contributed by atoms with Gasteiger partial charge in [-0.25, -0.2) is 0 Å². The quantitative estimate of drug-likeness (QED) is 0.543. The summed E-state index contributed by atoms with van der Waals surface area (Å²) in [4.78, 5) is 6.65. The van der Waals surface area contributed by atoms with Gasteiger partial charge in [0.25, 0.3) is 0 Å². The van der Waals surface area contributed by atoms with E-state index in [4.69, 9.17) is 4.42 Å². The van der Waals surface area contributed by atoms with Crippen molar-refractivity contribution in [2.75, 3.05) is 27.2 Å². The molecule has 1 aromatic carbocycles. The molecule has 1 atom stereocenters. The van der Waals surface area contributed by atoms with E-state index in [0.717, 1.165) is 44.2 Å². The van der Waals surface area contributed by atoms with Crippen molar-refractivity contribution < 1.29 is 4.42 Å². The largest absolute Gasteiger partial charge is 0.469 e. The maximum Gasteiger partial charge on any atom is 0.190 e. The fourth-order valence-corrected chi connectivity index (χ4v) is 2.63. The molecule has 0 radical (unpaired) electrons. The van der Waals surface area contributed by atoms with E-state index in [9.17, 15) is 0 Å². The van der Waals surface area contributed by atoms with E-state index in [-0.39, 0.29) is 0 Å². The summed E-state index contributed by atoms with van der Waals surface area (Å²) < 4.78 is 5.33. The Morgan fingerprint density at radius 2 is 1.88 bits per heavy atom. The van der Waals surface area contributed by atoms with E-state index in [1.165, 1.54) is 5.56 Å². The van der Waals surface area contributed by atoms with Crippen molar-refractivity contribution in [1.29, 1.82) is 0 Å². The second-order valence-electron chi connectivity index (χ2n) is 6.29. The summed E-state index contributed by atoms with van der Waals surface area (Å²) >= 11 is 0. The maximum atomic E-state index is 5.33. The van der Waals surface area contributed by atoms with Crippen LogP contribution in [0.25, 0.3) is 0 Å². The molecular weight excluding hydrogens is 312 g/mol. The molecule has 5 heteroatoms. The minimum absolute atomic E-state index is 0.494. The summed E-state index contributed by atoms with van der Waals surface area (Å²) in [6.07, 6.45) is 3.61. The molecule has 0 bridgehead atoms. The second-order valence-corrected chi connectivity index (χ2v) is 6.29. The number of hydrogen-bond acceptors (Lipinski definition) is 3. The molecule has 2 rings (SSSR count). The van der Waals surface area contributed by atoms with Crippen molar-refractivity contribution in [3.05, 3.63) is 60.1 Å². The molecule has 0 aliphatic carbocycles. The van der Waals surface area contributed by atoms with Gasteiger partial charge in [-0.2, -0.15) is 0 Å². The van der Waals surface area contributed by atoms with Crippen LogP contribution in [0.4, 0.5) is 0 Å². The summed E-state index contributed by atoms with van der Waals surface area (Å²) in [6.45, 7) is 4.92. The Bertz CT molecular complexity index is 610. The molecule has 2 aromatic rings. The Hall–Kier alpha value is -2.27. The van der Waals surface area contributed by atoms with E-state index in [1.54, 1.807) is 13.3 Å². The molecule has 1 aromatic heterocycles. The van der Waals surface area contributed by atoms with Gasteiger partial charge in [0.05, 0.1) is 6.26 Å². The van der Waals surface area contributed by atoms with Crippen molar-refractivity contribution in [2.24, 2.45) is 4.99 Å². The molecule has 0 spiro atoms. The van der Waals surface area contributed by atoms with Crippen LogP contribution in [0.2, 0.25) is 0 Å². The summed E-state index contributed by atoms with van der Waals surface area (Å²) in [6, 6.07) is 15.0. The van der Waals surface area contributed by atoms with Crippen LogP contribution in [0.3, 0.4) is 0 Å². The van der Waals surface area contributed by atoms with Crippen LogP contribution in [0.15, 0.2) is 58.1 Å². The predicted octanol–water partition coefficient (Wildman–Crippen LogP) is 2.90. The highest BCUT2D eigenvalue weighted by Crippen LogP contribution is 2.07. The number of guanidine groups is 1. The molecule has 1 unspecified atom stereocenters. The topological polar surface area (TPSA) is 52.8 Å². The summed E-state index contributed by atoms with van der Waals surface area (Å²) in [5.74, 6) is 1.82. The highest BCUT2D eigenvalue weighted by Gasteiger charge is 2.09. The third kappa shape index (κ3) is 7.01. The highest BCUT2D eigenvalue weighted by atomic mass is 16.3. The first-order chi connectivity index (χ1) is 12.2. The van der Waals surface area contributed by atoms with Crippen molar-refractivity contribution in [3.63, 3.8) is 0 Å². The van der Waals surface area contributed by atoms with Gasteiger partial charge < -0.3 is 15.1 Å². The average Bonchev–Trinajstić information content (AvgIpc) is 3.14. The Morgan fingerprint density at radius 3 is 2.56 bits per heavy atom. The van der Waals surface area contributed by atoms with E-state index >= 15 is 0 Å². The molecule has 0 aliphatic rings. The van der Waals surface area contributed by atoms with E-state index in [1.807, 2.05) is 12.1 Å². The standard InChI is InChI=1S/C20H30N4O/c1-17(24(3)16-18-8-5-4-6-9-18)11-13-22-20(21-2)23-14-12-19-10-7-15-25-19/h4-10,15,17H,11-14,16H2,1-3H3,(H2,21,22,23). The second kappa shape index (κ2) is 10.6. The van der Waals surface area contributed by atoms with Crippen LogP contribution in [0.1, 0.15) is 24.7 Å². The Morgan fingerprint density at radius 1 is 1.12 bits per heavy atom. The number of nitrogens with zero attached hydrogens (tertiary/aromatic N) is 2. The molecule has 2 N–H and O–H groups in total. The number of aliphatic imine (C=N–C) groups is 1. The average molecular weight is 342 g/mol. The Balaban J connectivity index is 1.63. The van der Waals surface area contributed by atoms with Gasteiger partial charge in [0, 0.05) is 39.1 Å². The van der Waals surface area contributed by atoms with Crippen LogP contribution in [-0.4, -0.2) is 44.1 Å². The lowest BCUT2D eigenvalue weighted by molar-refractivity contribution is 0.238. The molecule has 0 fully saturated rings. The lowest BCUT2D eigenvalue weighted by atomic mass is 10.1. The Labute approximate surface area is 151 Å². The number of benzene rings is 1. The molecule has 0 saturated heterocycles. The highest BCUT2D eigenvalue weighted by molar-refractivity contribution is 5.79. The Kier molecular flexibility index (Phi) is 8.05. The zero-order valence-corrected chi connectivity index (χ0v) is 15.5. The lowest BCUT2D eigenvalue weighted by Gasteiger charge is -2.25. The fourth-order valence-electron chi connectivity index (χ4n) is 2.63. The monoisotopic (exact) mass is 342 g/mol. The first-order valence-electron chi connectivity index (χ1n) is 8.90. The molecular formula is C20H30N4O. The van der Waals surface area contributed by atoms with E-state index in [2.05, 4.69) is 64.8 Å². The van der Waals surface area contributed by atoms with Gasteiger partial charge in [-0.3, -0.25) is 9.89 Å². The van der Waals surface area contributed by atoms with Crippen LogP contribution >= 0.6 is 0 Å². The van der Waals surface area contributed by atoms with Crippen molar-refractivity contribution in [2.45, 2.75) is 32.4 Å². The zero-order valence-electron chi connectivity index (χ0n) is 15.5. The van der Waals surface area contributed by atoms with Gasteiger partial charge in [-0.05, 0) is 38.1 Å². The zero-order chi connectivity index (χ0) is 17.9. The van der Waals surface area contributed by atoms with Gasteiger partial charge in [-0.1, -0.05) is 30.3 Å². The molecule has 5 nitrogen and oxygen atoms in total. The van der Waals surface area contributed by atoms with E-state index < -0.39 is 0 Å². The molecule has 0 amide bonds. The van der Waals surface area contributed by atoms with Crippen LogP contribution in [-0.2, 0) is 13.0 Å². The minimum Gasteiger partial charge on any atom is -0.469 e. The lowest BCUT2D eigenvalue weighted by Crippen LogP contribution is -2.40. The number of furan rings is 1. The van der Waals surface area contributed by atoms with Gasteiger partial charge in [0.2, 0.25) is 0 Å². The van der Waals surface area contributed by atoms with Crippen LogP contribution < -0.4 is 10.6 Å². The SMILES string of the molecule is CN=C(NCCc1ccco1)NCCC(C)N(C)Cc1ccccc1. The smallest absolute Gasteiger partial charge is 0.190 e. The molecule has 1 heterocycles. The summed E-state index contributed by atoms with van der Waals surface area (Å²) in [7, 11) is 3.97. The normalized spacial score (nSPS) is 13.0. The van der Waals surface area contributed by atoms with E-state index in [0.29, 0.717) is 6.04 Å². The fraction of sp³-hybridized carbons (Fsp3) is 0.450. The molecule has 0 aliphatic heterocycles. The first kappa shape index (κ1) is 19.1. The van der Waals surface area contributed by atoms with Gasteiger partial charge in [0.15, 0.2) is 5.96 Å². The molecule has 0 saturated carbocycles. The summed E-state index contributed by atoms with van der Waals surface area (Å²) in [5, 5.41) is 6.70. The van der Waals surface area contributed by atoms with Crippen LogP contribution in [0.5, 0.6) is 0 Å². The number of rotatable bonds is 9. The number of hydrogen-bond donors (Lipinski definition) is 2. The van der Waals surface area contributed by atoms with Crippen molar-refractivity contribution in [1.82, 2.24) is 15.5 Å². The first-order valence-corrected chi connectivity index (χ1v) is 8.90. The third-order valence-corrected chi connectivity index (χ3v) is 4.35. The van der Waals surface area contributed by atoms with Gasteiger partial charge in [0.1, 0.15) is 5.76 Å². The van der Waals surface area contributed by atoms with Crippen LogP contribution in [0, 0.1) is 0 Å². The van der Waals surface area contributed by atoms with Gasteiger partial charge >= 0.3 is 0 Å². The summed E-state index contributed by atoms with van der Waals surface area (Å²) in [5.41, 5.74) is 1.35. The molecule has 136 valence electrons. The predicted molar refractivity (Wildman–Crippen MR) is 104 cm³/mol. The van der Waals surface area contributed by atoms with Crippen molar-refractivity contribution >= 4 is 5.96 Å². The minimum atomic E-state index is 0.494. The maximum absolute atomic E-state index is 5.33. The molecule has 25 heavy (non-hydrogen) atoms.